The number of aromatic amines is 1. The molecular formula is C27H31N3O7. The Labute approximate surface area is 214 Å². The van der Waals surface area contributed by atoms with Gasteiger partial charge in [0.2, 0.25) is 18.6 Å². The van der Waals surface area contributed by atoms with Gasteiger partial charge >= 0.3 is 11.9 Å². The fraction of sp³-hybridized carbons (Fsp3) is 0.407. The van der Waals surface area contributed by atoms with E-state index < -0.39 is 36.2 Å². The number of fused-ring (bicyclic) bond motifs is 1. The van der Waals surface area contributed by atoms with Crippen molar-refractivity contribution in [3.05, 3.63) is 59.4 Å². The summed E-state index contributed by atoms with van der Waals surface area (Å²) in [5.74, 6) is -1.95. The maximum atomic E-state index is 13.1. The van der Waals surface area contributed by atoms with Crippen LogP contribution in [0, 0.1) is 11.3 Å². The molecule has 0 saturated carbocycles. The molecule has 2 aliphatic rings. The summed E-state index contributed by atoms with van der Waals surface area (Å²) in [6.45, 7) is 6.00. The third-order valence-corrected chi connectivity index (χ3v) is 6.43. The third kappa shape index (κ3) is 5.43. The molecule has 10 nitrogen and oxygen atoms in total. The van der Waals surface area contributed by atoms with E-state index in [0.717, 1.165) is 0 Å². The number of β-lactam (4-membered cyclic amide) rings is 1. The van der Waals surface area contributed by atoms with Crippen molar-refractivity contribution in [2.75, 3.05) is 12.1 Å². The van der Waals surface area contributed by atoms with Crippen molar-refractivity contribution in [2.24, 2.45) is 11.3 Å². The largest absolute Gasteiger partial charge is 0.427 e. The van der Waals surface area contributed by atoms with E-state index in [9.17, 15) is 24.3 Å². The van der Waals surface area contributed by atoms with E-state index in [2.05, 4.69) is 10.3 Å². The minimum absolute atomic E-state index is 0.0618. The molecule has 3 N–H and O–H groups in total. The number of hydrogen-bond donors (Lipinski definition) is 3. The fourth-order valence-electron chi connectivity index (χ4n) is 4.59. The number of carbonyl (C=O) groups excluding carboxylic acids is 4. The van der Waals surface area contributed by atoms with Gasteiger partial charge in [0, 0.05) is 6.20 Å². The van der Waals surface area contributed by atoms with Crippen LogP contribution in [0.1, 0.15) is 45.2 Å². The van der Waals surface area contributed by atoms with E-state index in [0.29, 0.717) is 28.9 Å². The number of aromatic nitrogens is 1. The molecule has 3 atom stereocenters. The molecule has 0 unspecified atom stereocenters. The zero-order valence-corrected chi connectivity index (χ0v) is 21.2. The molecule has 4 rings (SSSR count). The van der Waals surface area contributed by atoms with Crippen molar-refractivity contribution in [1.82, 2.24) is 9.88 Å². The van der Waals surface area contributed by atoms with Crippen LogP contribution in [0.4, 0.5) is 5.82 Å². The topological polar surface area (TPSA) is 138 Å². The number of anilines is 1. The van der Waals surface area contributed by atoms with Crippen molar-refractivity contribution < 1.29 is 33.8 Å². The first kappa shape index (κ1) is 26.2. The molecule has 0 bridgehead atoms. The van der Waals surface area contributed by atoms with Crippen LogP contribution in [0.15, 0.2) is 48.3 Å². The monoisotopic (exact) mass is 509 g/mol. The Kier molecular flexibility index (Phi) is 7.22. The van der Waals surface area contributed by atoms with Gasteiger partial charge in [0.05, 0.1) is 29.9 Å². The first-order chi connectivity index (χ1) is 17.5. The summed E-state index contributed by atoms with van der Waals surface area (Å²) in [5.41, 5.74) is 1.25. The van der Waals surface area contributed by atoms with Crippen LogP contribution in [0.3, 0.4) is 0 Å². The maximum Gasteiger partial charge on any atom is 0.358 e. The average molecular weight is 510 g/mol. The van der Waals surface area contributed by atoms with Crippen LogP contribution in [-0.2, 0) is 35.1 Å². The number of benzene rings is 1. The molecule has 0 radical (unpaired) electrons. The molecule has 2 aliphatic heterocycles. The van der Waals surface area contributed by atoms with Crippen LogP contribution < -0.4 is 5.32 Å². The Morgan fingerprint density at radius 1 is 1.19 bits per heavy atom. The minimum atomic E-state index is -0.874. The molecule has 1 saturated heterocycles. The number of rotatable bonds is 8. The van der Waals surface area contributed by atoms with Crippen molar-refractivity contribution in [2.45, 2.75) is 52.7 Å². The predicted molar refractivity (Wildman–Crippen MR) is 133 cm³/mol. The van der Waals surface area contributed by atoms with Gasteiger partial charge in [-0.15, -0.1) is 0 Å². The fourth-order valence-corrected chi connectivity index (χ4v) is 4.59. The molecule has 1 aromatic heterocycles. The summed E-state index contributed by atoms with van der Waals surface area (Å²) < 4.78 is 10.3. The zero-order valence-electron chi connectivity index (χ0n) is 21.2. The van der Waals surface area contributed by atoms with E-state index in [-0.39, 0.29) is 30.0 Å². The zero-order chi connectivity index (χ0) is 26.9. The minimum Gasteiger partial charge on any atom is -0.427 e. The van der Waals surface area contributed by atoms with Gasteiger partial charge in [0.1, 0.15) is 11.5 Å². The van der Waals surface area contributed by atoms with Crippen LogP contribution in [0.25, 0.3) is 5.57 Å². The Bertz CT molecular complexity index is 1240. The first-order valence-electron chi connectivity index (χ1n) is 12.1. The van der Waals surface area contributed by atoms with Crippen molar-refractivity contribution in [3.63, 3.8) is 0 Å². The lowest BCUT2D eigenvalue weighted by molar-refractivity contribution is -0.175. The second kappa shape index (κ2) is 10.2. The van der Waals surface area contributed by atoms with E-state index in [1.54, 1.807) is 70.3 Å². The molecule has 2 aromatic rings. The summed E-state index contributed by atoms with van der Waals surface area (Å²) in [7, 11) is 0. The highest BCUT2D eigenvalue weighted by molar-refractivity contribution is 6.07. The van der Waals surface area contributed by atoms with Crippen molar-refractivity contribution in [1.29, 1.82) is 0 Å². The number of aliphatic hydroxyl groups is 1. The average Bonchev–Trinajstić information content (AvgIpc) is 3.44. The van der Waals surface area contributed by atoms with Gasteiger partial charge in [-0.2, -0.15) is 0 Å². The molecule has 37 heavy (non-hydrogen) atoms. The highest BCUT2D eigenvalue weighted by atomic mass is 16.7. The maximum absolute atomic E-state index is 13.1. The number of esters is 2. The summed E-state index contributed by atoms with van der Waals surface area (Å²) in [6.07, 6.45) is 1.27. The van der Waals surface area contributed by atoms with Gasteiger partial charge in [0.15, 0.2) is 0 Å². The van der Waals surface area contributed by atoms with Crippen molar-refractivity contribution in [3.8, 4) is 0 Å². The van der Waals surface area contributed by atoms with Crippen molar-refractivity contribution >= 4 is 35.1 Å². The summed E-state index contributed by atoms with van der Waals surface area (Å²) in [4.78, 5) is 54.7. The van der Waals surface area contributed by atoms with E-state index >= 15 is 0 Å². The van der Waals surface area contributed by atoms with Crippen LogP contribution in [0.5, 0.6) is 0 Å². The predicted octanol–water partition coefficient (Wildman–Crippen LogP) is 2.61. The van der Waals surface area contributed by atoms with Crippen LogP contribution in [0.2, 0.25) is 0 Å². The molecule has 1 fully saturated rings. The van der Waals surface area contributed by atoms with Crippen LogP contribution in [-0.4, -0.2) is 57.7 Å². The number of ether oxygens (including phenoxy) is 2. The number of carbonyl (C=O) groups is 4. The van der Waals surface area contributed by atoms with Gasteiger partial charge in [-0.3, -0.25) is 14.4 Å². The lowest BCUT2D eigenvalue weighted by atomic mass is 9.82. The van der Waals surface area contributed by atoms with Crippen LogP contribution >= 0.6 is 0 Å². The number of aliphatic hydroxyl groups excluding tert-OH is 1. The highest BCUT2D eigenvalue weighted by Gasteiger charge is 2.57. The molecule has 0 aliphatic carbocycles. The first-order valence-corrected chi connectivity index (χ1v) is 12.1. The van der Waals surface area contributed by atoms with Gasteiger partial charge in [-0.05, 0) is 62.9 Å². The Balaban J connectivity index is 1.56. The third-order valence-electron chi connectivity index (χ3n) is 6.43. The molecule has 0 spiro atoms. The number of nitrogens with one attached hydrogen (secondary N) is 2. The van der Waals surface area contributed by atoms with Gasteiger partial charge < -0.3 is 29.8 Å². The molecule has 2 amide bonds. The number of H-pyrrole nitrogens is 1. The standard InChI is InChI=1S/C27H31N3O7/c1-15(31)22-19-13-18(17-8-5-7-16(11-17)12-21(32)29-20-9-6-10-28-20)23(30(19)24(22)33)25(34)36-14-37-26(35)27(2,3)4/h5-11,15,19,22,28,31H,12-14H2,1-4H3,(H,29,32)/t15-,19-,22-/m1/s1. The second-order valence-corrected chi connectivity index (χ2v) is 10.3. The summed E-state index contributed by atoms with van der Waals surface area (Å²) in [5, 5.41) is 12.9. The SMILES string of the molecule is C[C@@H](O)[C@H]1C(=O)N2C(C(=O)OCOC(=O)C(C)(C)C)=C(c3cccc(CC(=O)Nc4ccc[nH]4)c3)C[C@H]12. The molecular weight excluding hydrogens is 478 g/mol. The number of amides is 2. The number of nitrogens with zero attached hydrogens (tertiary/aromatic N) is 1. The normalized spacial score (nSPS) is 19.7. The molecule has 3 heterocycles. The Morgan fingerprint density at radius 3 is 2.59 bits per heavy atom. The van der Waals surface area contributed by atoms with Gasteiger partial charge in [-0.25, -0.2) is 4.79 Å². The van der Waals surface area contributed by atoms with E-state index in [4.69, 9.17) is 9.47 Å². The van der Waals surface area contributed by atoms with Gasteiger partial charge in [-0.1, -0.05) is 24.3 Å². The number of hydrogen-bond acceptors (Lipinski definition) is 7. The lowest BCUT2D eigenvalue weighted by Crippen LogP contribution is -2.61. The highest BCUT2D eigenvalue weighted by Crippen LogP contribution is 2.47. The second-order valence-electron chi connectivity index (χ2n) is 10.3. The Morgan fingerprint density at radius 2 is 1.95 bits per heavy atom. The molecule has 196 valence electrons. The van der Waals surface area contributed by atoms with E-state index in [1.807, 2.05) is 0 Å². The van der Waals surface area contributed by atoms with Gasteiger partial charge in [0.25, 0.3) is 0 Å². The smallest absolute Gasteiger partial charge is 0.358 e. The summed E-state index contributed by atoms with van der Waals surface area (Å²) >= 11 is 0. The molecule has 1 aromatic carbocycles. The lowest BCUT2D eigenvalue weighted by Gasteiger charge is -2.44. The van der Waals surface area contributed by atoms with E-state index in [1.165, 1.54) is 4.90 Å². The Hall–Kier alpha value is -3.92. The molecule has 10 heteroatoms. The summed E-state index contributed by atoms with van der Waals surface area (Å²) in [6, 6.07) is 10.3. The quantitative estimate of drug-likeness (QED) is 0.282.